The predicted octanol–water partition coefficient (Wildman–Crippen LogP) is 1.70. The van der Waals surface area contributed by atoms with Gasteiger partial charge in [0.15, 0.2) is 6.61 Å². The number of hydrogen-bond donors (Lipinski definition) is 1. The summed E-state index contributed by atoms with van der Waals surface area (Å²) in [6, 6.07) is 8.53. The van der Waals surface area contributed by atoms with Crippen LogP contribution >= 0.6 is 0 Å². The summed E-state index contributed by atoms with van der Waals surface area (Å²) in [5.74, 6) is -0.400. The van der Waals surface area contributed by atoms with E-state index in [1.165, 1.54) is 0 Å². The Morgan fingerprint density at radius 1 is 1.53 bits per heavy atom. The molecular formula is C14H14N2O3. The molecule has 0 heterocycles. The molecule has 1 fully saturated rings. The van der Waals surface area contributed by atoms with Crippen LogP contribution in [0.25, 0.3) is 0 Å². The summed E-state index contributed by atoms with van der Waals surface area (Å²) in [6.07, 6.45) is 0.838. The van der Waals surface area contributed by atoms with Crippen molar-refractivity contribution in [1.29, 1.82) is 5.26 Å². The Morgan fingerprint density at radius 2 is 2.26 bits per heavy atom. The highest BCUT2D eigenvalue weighted by molar-refractivity contribution is 5.93. The number of nitriles is 1. The fraction of sp³-hybridized carbons (Fsp3) is 0.357. The van der Waals surface area contributed by atoms with Crippen LogP contribution in [0.2, 0.25) is 0 Å². The number of rotatable bonds is 4. The summed E-state index contributed by atoms with van der Waals surface area (Å²) in [6.45, 7) is 1.68. The largest absolute Gasteiger partial charge is 0.455 e. The Labute approximate surface area is 111 Å². The van der Waals surface area contributed by atoms with E-state index < -0.39 is 5.91 Å². The van der Waals surface area contributed by atoms with Crippen molar-refractivity contribution < 1.29 is 14.3 Å². The highest BCUT2D eigenvalue weighted by Gasteiger charge is 2.40. The third-order valence-corrected chi connectivity index (χ3v) is 3.03. The van der Waals surface area contributed by atoms with E-state index in [1.54, 1.807) is 24.3 Å². The summed E-state index contributed by atoms with van der Waals surface area (Å²) < 4.78 is 4.91. The SMILES string of the molecule is C[C@@H]1C[C@H]1C(=O)OCC(=O)Nc1cccc(C#N)c1. The molecule has 2 atom stereocenters. The van der Waals surface area contributed by atoms with Crippen molar-refractivity contribution in [3.63, 3.8) is 0 Å². The number of amides is 1. The van der Waals surface area contributed by atoms with Crippen molar-refractivity contribution in [1.82, 2.24) is 0 Å². The minimum atomic E-state index is -0.406. The normalized spacial score (nSPS) is 20.2. The first-order valence-electron chi connectivity index (χ1n) is 6.07. The van der Waals surface area contributed by atoms with Gasteiger partial charge < -0.3 is 10.1 Å². The number of hydrogen-bond acceptors (Lipinski definition) is 4. The standard InChI is InChI=1S/C14H14N2O3/c1-9-5-12(9)14(18)19-8-13(17)16-11-4-2-3-10(6-11)7-15/h2-4,6,9,12H,5,8H2,1H3,(H,16,17)/t9-,12-/m1/s1. The van der Waals surface area contributed by atoms with Crippen molar-refractivity contribution in [3.05, 3.63) is 29.8 Å². The van der Waals surface area contributed by atoms with Gasteiger partial charge in [-0.05, 0) is 30.5 Å². The first-order chi connectivity index (χ1) is 9.10. The lowest BCUT2D eigenvalue weighted by Gasteiger charge is -2.06. The molecule has 2 rings (SSSR count). The number of carbonyl (C=O) groups is 2. The van der Waals surface area contributed by atoms with Crippen LogP contribution in [0.4, 0.5) is 5.69 Å². The molecule has 0 saturated heterocycles. The van der Waals surface area contributed by atoms with Crippen LogP contribution in [0.3, 0.4) is 0 Å². The number of esters is 1. The second kappa shape index (κ2) is 5.53. The third-order valence-electron chi connectivity index (χ3n) is 3.03. The summed E-state index contributed by atoms with van der Waals surface area (Å²) in [7, 11) is 0. The summed E-state index contributed by atoms with van der Waals surface area (Å²) in [4.78, 5) is 23.0. The Balaban J connectivity index is 1.81. The van der Waals surface area contributed by atoms with E-state index >= 15 is 0 Å². The van der Waals surface area contributed by atoms with E-state index in [1.807, 2.05) is 13.0 Å². The molecule has 0 spiro atoms. The topological polar surface area (TPSA) is 79.2 Å². The molecule has 1 aromatic rings. The first-order valence-corrected chi connectivity index (χ1v) is 6.07. The van der Waals surface area contributed by atoms with E-state index in [0.717, 1.165) is 6.42 Å². The van der Waals surface area contributed by atoms with Gasteiger partial charge in [0.2, 0.25) is 0 Å². The van der Waals surface area contributed by atoms with Crippen LogP contribution in [-0.4, -0.2) is 18.5 Å². The molecule has 0 radical (unpaired) electrons. The molecule has 19 heavy (non-hydrogen) atoms. The van der Waals surface area contributed by atoms with Gasteiger partial charge in [-0.3, -0.25) is 9.59 Å². The molecule has 1 amide bonds. The molecule has 1 aromatic carbocycles. The summed E-state index contributed by atoms with van der Waals surface area (Å²) in [5, 5.41) is 11.3. The average molecular weight is 258 g/mol. The van der Waals surface area contributed by atoms with Crippen molar-refractivity contribution in [2.45, 2.75) is 13.3 Å². The number of carbonyl (C=O) groups excluding carboxylic acids is 2. The number of anilines is 1. The lowest BCUT2D eigenvalue weighted by Crippen LogP contribution is -2.21. The van der Waals surface area contributed by atoms with Crippen LogP contribution in [0.5, 0.6) is 0 Å². The highest BCUT2D eigenvalue weighted by Crippen LogP contribution is 2.38. The van der Waals surface area contributed by atoms with Gasteiger partial charge in [-0.2, -0.15) is 5.26 Å². The fourth-order valence-corrected chi connectivity index (χ4v) is 1.76. The monoisotopic (exact) mass is 258 g/mol. The van der Waals surface area contributed by atoms with Gasteiger partial charge >= 0.3 is 5.97 Å². The lowest BCUT2D eigenvalue weighted by atomic mass is 10.2. The Kier molecular flexibility index (Phi) is 3.81. The Hall–Kier alpha value is -2.35. The summed E-state index contributed by atoms with van der Waals surface area (Å²) in [5.41, 5.74) is 0.974. The van der Waals surface area contributed by atoms with Gasteiger partial charge in [-0.25, -0.2) is 0 Å². The molecule has 1 saturated carbocycles. The maximum Gasteiger partial charge on any atom is 0.309 e. The van der Waals surface area contributed by atoms with E-state index in [4.69, 9.17) is 10.00 Å². The molecule has 98 valence electrons. The van der Waals surface area contributed by atoms with E-state index in [2.05, 4.69) is 5.32 Å². The third kappa shape index (κ3) is 3.55. The molecule has 5 nitrogen and oxygen atoms in total. The van der Waals surface area contributed by atoms with E-state index in [0.29, 0.717) is 17.2 Å². The van der Waals surface area contributed by atoms with Gasteiger partial charge in [0.25, 0.3) is 5.91 Å². The number of nitrogens with zero attached hydrogens (tertiary/aromatic N) is 1. The quantitative estimate of drug-likeness (QED) is 0.833. The summed E-state index contributed by atoms with van der Waals surface area (Å²) >= 11 is 0. The van der Waals surface area contributed by atoms with Gasteiger partial charge in [-0.15, -0.1) is 0 Å². The molecule has 0 aliphatic heterocycles. The van der Waals surface area contributed by atoms with Crippen molar-refractivity contribution in [2.24, 2.45) is 11.8 Å². The van der Waals surface area contributed by atoms with Crippen LogP contribution in [-0.2, 0) is 14.3 Å². The van der Waals surface area contributed by atoms with Gasteiger partial charge in [0, 0.05) is 5.69 Å². The number of benzene rings is 1. The van der Waals surface area contributed by atoms with E-state index in [9.17, 15) is 9.59 Å². The van der Waals surface area contributed by atoms with Crippen molar-refractivity contribution in [2.75, 3.05) is 11.9 Å². The smallest absolute Gasteiger partial charge is 0.309 e. The number of nitrogens with one attached hydrogen (secondary N) is 1. The average Bonchev–Trinajstić information content (AvgIpc) is 3.13. The van der Waals surface area contributed by atoms with Crippen LogP contribution in [0, 0.1) is 23.2 Å². The first kappa shape index (κ1) is 13.1. The van der Waals surface area contributed by atoms with Crippen LogP contribution in [0.15, 0.2) is 24.3 Å². The molecule has 1 N–H and O–H groups in total. The zero-order valence-corrected chi connectivity index (χ0v) is 10.6. The Bertz CT molecular complexity index is 548. The van der Waals surface area contributed by atoms with Crippen molar-refractivity contribution in [3.8, 4) is 6.07 Å². The zero-order valence-electron chi connectivity index (χ0n) is 10.6. The molecule has 0 unspecified atom stereocenters. The highest BCUT2D eigenvalue weighted by atomic mass is 16.5. The molecule has 1 aliphatic carbocycles. The zero-order chi connectivity index (χ0) is 13.8. The minimum Gasteiger partial charge on any atom is -0.455 e. The predicted molar refractivity (Wildman–Crippen MR) is 68.0 cm³/mol. The number of ether oxygens (including phenoxy) is 1. The molecule has 0 aromatic heterocycles. The van der Waals surface area contributed by atoms with Crippen molar-refractivity contribution >= 4 is 17.6 Å². The van der Waals surface area contributed by atoms with Crippen LogP contribution < -0.4 is 5.32 Å². The maximum absolute atomic E-state index is 11.6. The molecule has 1 aliphatic rings. The van der Waals surface area contributed by atoms with Gasteiger partial charge in [0.1, 0.15) is 0 Å². The Morgan fingerprint density at radius 3 is 2.89 bits per heavy atom. The minimum absolute atomic E-state index is 0.0466. The van der Waals surface area contributed by atoms with Gasteiger partial charge in [0.05, 0.1) is 17.6 Å². The van der Waals surface area contributed by atoms with Gasteiger partial charge in [-0.1, -0.05) is 13.0 Å². The molecular weight excluding hydrogens is 244 g/mol. The maximum atomic E-state index is 11.6. The molecule has 0 bridgehead atoms. The van der Waals surface area contributed by atoms with E-state index in [-0.39, 0.29) is 18.5 Å². The van der Waals surface area contributed by atoms with Crippen LogP contribution in [0.1, 0.15) is 18.9 Å². The molecule has 5 heteroatoms. The lowest BCUT2D eigenvalue weighted by molar-refractivity contribution is -0.148. The second-order valence-electron chi connectivity index (χ2n) is 4.67. The second-order valence-corrected chi connectivity index (χ2v) is 4.67. The fourth-order valence-electron chi connectivity index (χ4n) is 1.76.